The van der Waals surface area contributed by atoms with E-state index in [1.54, 1.807) is 36.4 Å². The number of carbonyl (C=O) groups excluding carboxylic acids is 2. The Bertz CT molecular complexity index is 1200. The van der Waals surface area contributed by atoms with Crippen molar-refractivity contribution in [2.24, 2.45) is 0 Å². The van der Waals surface area contributed by atoms with Gasteiger partial charge in [0.2, 0.25) is 0 Å². The normalized spacial score (nSPS) is 10.7. The molecule has 0 saturated carbocycles. The lowest BCUT2D eigenvalue weighted by molar-refractivity contribution is 0.0462. The fourth-order valence-electron chi connectivity index (χ4n) is 2.97. The quantitative estimate of drug-likeness (QED) is 0.303. The van der Waals surface area contributed by atoms with E-state index in [9.17, 15) is 14.0 Å². The van der Waals surface area contributed by atoms with Crippen LogP contribution in [0.25, 0.3) is 17.1 Å². The molecule has 0 N–H and O–H groups in total. The molecule has 4 rings (SSSR count). The van der Waals surface area contributed by atoms with Gasteiger partial charge in [-0.15, -0.1) is 5.10 Å². The zero-order valence-electron chi connectivity index (χ0n) is 17.0. The van der Waals surface area contributed by atoms with Crippen LogP contribution in [0.1, 0.15) is 26.5 Å². The molecule has 1 aromatic heterocycles. The van der Waals surface area contributed by atoms with E-state index in [0.29, 0.717) is 27.7 Å². The number of esters is 1. The number of halogens is 2. The van der Waals surface area contributed by atoms with Gasteiger partial charge in [-0.2, -0.15) is 0 Å². The molecule has 1 heterocycles. The fourth-order valence-corrected chi connectivity index (χ4v) is 3.09. The third kappa shape index (κ3) is 4.73. The second-order valence-electron chi connectivity index (χ2n) is 7.02. The molecule has 0 radical (unpaired) electrons. The number of ketones is 1. The van der Waals surface area contributed by atoms with E-state index in [-0.39, 0.29) is 11.6 Å². The Morgan fingerprint density at radius 1 is 0.969 bits per heavy atom. The van der Waals surface area contributed by atoms with E-state index in [2.05, 4.69) is 10.1 Å². The minimum atomic E-state index is -0.846. The first-order chi connectivity index (χ1) is 15.4. The number of carbonyl (C=O) groups is 2. The number of benzene rings is 3. The van der Waals surface area contributed by atoms with Crippen LogP contribution >= 0.6 is 11.6 Å². The van der Waals surface area contributed by atoms with E-state index < -0.39 is 18.4 Å². The zero-order chi connectivity index (χ0) is 22.7. The number of aromatic nitrogens is 3. The maximum absolute atomic E-state index is 13.4. The van der Waals surface area contributed by atoms with E-state index >= 15 is 0 Å². The van der Waals surface area contributed by atoms with Crippen LogP contribution in [0.5, 0.6) is 0 Å². The summed E-state index contributed by atoms with van der Waals surface area (Å²) in [7, 11) is 0. The SMILES string of the molecule is Cc1ccc(-n2nc(C(=O)OCC(=O)c3ccc(Cl)cc3)nc2-c2ccc(F)cc2)cc1. The number of hydrogen-bond donors (Lipinski definition) is 0. The summed E-state index contributed by atoms with van der Waals surface area (Å²) in [6.07, 6.45) is 0. The molecule has 0 unspecified atom stereocenters. The summed E-state index contributed by atoms with van der Waals surface area (Å²) in [4.78, 5) is 29.1. The summed E-state index contributed by atoms with van der Waals surface area (Å²) < 4.78 is 20.0. The topological polar surface area (TPSA) is 74.1 Å². The molecule has 4 aromatic rings. The van der Waals surface area contributed by atoms with Gasteiger partial charge in [-0.3, -0.25) is 4.79 Å². The van der Waals surface area contributed by atoms with Gasteiger partial charge in [0.05, 0.1) is 5.69 Å². The Kier molecular flexibility index (Phi) is 6.09. The van der Waals surface area contributed by atoms with Gasteiger partial charge in [0.25, 0.3) is 5.82 Å². The van der Waals surface area contributed by atoms with Crippen molar-refractivity contribution in [1.29, 1.82) is 0 Å². The van der Waals surface area contributed by atoms with Crippen LogP contribution in [-0.2, 0) is 4.74 Å². The van der Waals surface area contributed by atoms with Crippen molar-refractivity contribution >= 4 is 23.4 Å². The van der Waals surface area contributed by atoms with Crippen LogP contribution < -0.4 is 0 Å². The number of hydrogen-bond acceptors (Lipinski definition) is 5. The summed E-state index contributed by atoms with van der Waals surface area (Å²) in [6.45, 7) is 1.48. The monoisotopic (exact) mass is 449 g/mol. The average Bonchev–Trinajstić information content (AvgIpc) is 3.24. The first-order valence-electron chi connectivity index (χ1n) is 9.66. The molecule has 0 amide bonds. The minimum Gasteiger partial charge on any atom is -0.451 e. The Morgan fingerprint density at radius 2 is 1.62 bits per heavy atom. The van der Waals surface area contributed by atoms with Gasteiger partial charge in [-0.25, -0.2) is 18.9 Å². The van der Waals surface area contributed by atoms with Gasteiger partial charge in [0.1, 0.15) is 5.82 Å². The van der Waals surface area contributed by atoms with Crippen LogP contribution in [-0.4, -0.2) is 33.1 Å². The van der Waals surface area contributed by atoms with Gasteiger partial charge < -0.3 is 4.74 Å². The summed E-state index contributed by atoms with van der Waals surface area (Å²) in [5.41, 5.74) is 2.65. The zero-order valence-corrected chi connectivity index (χ0v) is 17.7. The van der Waals surface area contributed by atoms with Gasteiger partial charge in [0, 0.05) is 16.1 Å². The number of Topliss-reactive ketones (excluding diaryl/α,β-unsaturated/α-hetero) is 1. The molecule has 0 bridgehead atoms. The smallest absolute Gasteiger partial charge is 0.378 e. The number of nitrogens with zero attached hydrogens (tertiary/aromatic N) is 3. The molecule has 0 fully saturated rings. The van der Waals surface area contributed by atoms with Gasteiger partial charge in [0.15, 0.2) is 18.2 Å². The first-order valence-corrected chi connectivity index (χ1v) is 10.0. The minimum absolute atomic E-state index is 0.214. The third-order valence-electron chi connectivity index (χ3n) is 4.67. The number of rotatable bonds is 6. The lowest BCUT2D eigenvalue weighted by Gasteiger charge is -2.06. The molecular formula is C24H17ClFN3O3. The molecule has 6 nitrogen and oxygen atoms in total. The second kappa shape index (κ2) is 9.11. The third-order valence-corrected chi connectivity index (χ3v) is 4.92. The van der Waals surface area contributed by atoms with Gasteiger partial charge in [-0.05, 0) is 67.6 Å². The Labute approximate surface area is 188 Å². The largest absolute Gasteiger partial charge is 0.451 e. The van der Waals surface area contributed by atoms with Crippen molar-refractivity contribution < 1.29 is 18.7 Å². The van der Waals surface area contributed by atoms with Crippen molar-refractivity contribution in [3.05, 3.63) is 101 Å². The lowest BCUT2D eigenvalue weighted by Crippen LogP contribution is -2.15. The van der Waals surface area contributed by atoms with Crippen molar-refractivity contribution in [3.8, 4) is 17.1 Å². The molecule has 160 valence electrons. The van der Waals surface area contributed by atoms with E-state index in [1.807, 2.05) is 31.2 Å². The highest BCUT2D eigenvalue weighted by atomic mass is 35.5. The molecule has 0 saturated heterocycles. The van der Waals surface area contributed by atoms with Crippen molar-refractivity contribution in [3.63, 3.8) is 0 Å². The summed E-state index contributed by atoms with van der Waals surface area (Å²) in [6, 6.07) is 19.4. The summed E-state index contributed by atoms with van der Waals surface area (Å²) in [5, 5.41) is 4.78. The highest BCUT2D eigenvalue weighted by Gasteiger charge is 2.21. The molecule has 8 heteroatoms. The lowest BCUT2D eigenvalue weighted by atomic mass is 10.1. The predicted molar refractivity (Wildman–Crippen MR) is 118 cm³/mol. The highest BCUT2D eigenvalue weighted by Crippen LogP contribution is 2.22. The first kappa shape index (κ1) is 21.4. The number of aryl methyl sites for hydroxylation is 1. The average molecular weight is 450 g/mol. The molecule has 0 aliphatic rings. The van der Waals surface area contributed by atoms with Crippen molar-refractivity contribution in [2.75, 3.05) is 6.61 Å². The molecule has 0 atom stereocenters. The van der Waals surface area contributed by atoms with Crippen LogP contribution in [0, 0.1) is 12.7 Å². The van der Waals surface area contributed by atoms with Crippen LogP contribution in [0.15, 0.2) is 72.8 Å². The van der Waals surface area contributed by atoms with Gasteiger partial charge >= 0.3 is 5.97 Å². The summed E-state index contributed by atoms with van der Waals surface area (Å²) in [5.74, 6) is -1.50. The Morgan fingerprint density at radius 3 is 2.28 bits per heavy atom. The molecule has 0 aliphatic carbocycles. The Hall–Kier alpha value is -3.84. The predicted octanol–water partition coefficient (Wildman–Crippen LogP) is 5.07. The Balaban J connectivity index is 1.60. The van der Waals surface area contributed by atoms with Crippen LogP contribution in [0.4, 0.5) is 4.39 Å². The van der Waals surface area contributed by atoms with E-state index in [0.717, 1.165) is 5.56 Å². The van der Waals surface area contributed by atoms with Crippen LogP contribution in [0.3, 0.4) is 0 Å². The molecule has 3 aromatic carbocycles. The molecule has 0 aliphatic heterocycles. The van der Waals surface area contributed by atoms with E-state index in [4.69, 9.17) is 16.3 Å². The second-order valence-corrected chi connectivity index (χ2v) is 7.46. The highest BCUT2D eigenvalue weighted by molar-refractivity contribution is 6.30. The molecule has 32 heavy (non-hydrogen) atoms. The van der Waals surface area contributed by atoms with Crippen molar-refractivity contribution in [2.45, 2.75) is 6.92 Å². The maximum atomic E-state index is 13.4. The fraction of sp³-hybridized carbons (Fsp3) is 0.0833. The van der Waals surface area contributed by atoms with Crippen molar-refractivity contribution in [1.82, 2.24) is 14.8 Å². The van der Waals surface area contributed by atoms with E-state index in [1.165, 1.54) is 16.8 Å². The standard InChI is InChI=1S/C24H17ClFN3O3/c1-15-2-12-20(13-3-15)29-23(17-6-10-19(26)11-7-17)27-22(28-29)24(31)32-14-21(30)16-4-8-18(25)9-5-16/h2-13H,14H2,1H3. The van der Waals surface area contributed by atoms with Gasteiger partial charge in [-0.1, -0.05) is 29.3 Å². The summed E-state index contributed by atoms with van der Waals surface area (Å²) >= 11 is 5.82. The number of ether oxygens (including phenoxy) is 1. The maximum Gasteiger partial charge on any atom is 0.378 e. The van der Waals surface area contributed by atoms with Crippen LogP contribution in [0.2, 0.25) is 5.02 Å². The molecule has 0 spiro atoms. The molecular weight excluding hydrogens is 433 g/mol.